The van der Waals surface area contributed by atoms with E-state index in [1.54, 1.807) is 15.4 Å². The average molecular weight is 445 g/mol. The number of carbonyl (C=O) groups excluding carboxylic acids is 1. The molecule has 1 aliphatic heterocycles. The van der Waals surface area contributed by atoms with Crippen molar-refractivity contribution < 1.29 is 9.53 Å². The molecule has 1 saturated carbocycles. The van der Waals surface area contributed by atoms with Crippen LogP contribution in [0.4, 0.5) is 17.3 Å². The lowest BCUT2D eigenvalue weighted by atomic mass is 9.90. The summed E-state index contributed by atoms with van der Waals surface area (Å²) in [4.78, 5) is 17.9. The van der Waals surface area contributed by atoms with Gasteiger partial charge in [0, 0.05) is 26.2 Å². The Morgan fingerprint density at radius 1 is 1.27 bits per heavy atom. The Morgan fingerprint density at radius 2 is 2.15 bits per heavy atom. The Kier molecular flexibility index (Phi) is 4.51. The highest BCUT2D eigenvalue weighted by atomic mass is 16.5. The van der Waals surface area contributed by atoms with E-state index in [9.17, 15) is 4.79 Å². The standard InChI is InChI=1S/C21H24BN9O2/c1-23-17-8-16-25-13-6-10(7-14-18(13)28-29-30(14)2)19(22)33-15-5-3-4-12(15)26-21(32)11-9-24-31(17)20(11)27-16/h6-9,12,15,19,23H,3-5,22H2,1-2H3,(H,25,27)(H,26,32)/t12-,15+,19?/m1/s1. The molecular formula is C21H24BN9O2. The number of carbonyl (C=O) groups is 1. The number of aryl methyl sites for hydroxylation is 1. The van der Waals surface area contributed by atoms with Gasteiger partial charge in [-0.1, -0.05) is 5.21 Å². The minimum Gasteiger partial charge on any atom is -0.377 e. The van der Waals surface area contributed by atoms with Crippen LogP contribution in [0.3, 0.4) is 0 Å². The van der Waals surface area contributed by atoms with Crippen LogP contribution in [-0.2, 0) is 11.8 Å². The first-order valence-electron chi connectivity index (χ1n) is 11.1. The Labute approximate surface area is 190 Å². The maximum Gasteiger partial charge on any atom is 0.257 e. The molecule has 1 aromatic carbocycles. The zero-order valence-electron chi connectivity index (χ0n) is 18.7. The molecule has 12 heteroatoms. The van der Waals surface area contributed by atoms with Crippen molar-refractivity contribution >= 4 is 47.8 Å². The molecule has 6 rings (SSSR count). The molecule has 1 unspecified atom stereocenters. The third-order valence-electron chi connectivity index (χ3n) is 6.59. The van der Waals surface area contributed by atoms with E-state index in [0.717, 1.165) is 41.5 Å². The van der Waals surface area contributed by atoms with Crippen LogP contribution in [0.2, 0.25) is 0 Å². The number of aromatic nitrogens is 6. The largest absolute Gasteiger partial charge is 0.377 e. The summed E-state index contributed by atoms with van der Waals surface area (Å²) in [5.41, 5.74) is 4.30. The van der Waals surface area contributed by atoms with Gasteiger partial charge in [-0.2, -0.15) is 9.61 Å². The van der Waals surface area contributed by atoms with Crippen LogP contribution in [0.5, 0.6) is 0 Å². The van der Waals surface area contributed by atoms with Crippen molar-refractivity contribution in [3.05, 3.63) is 35.5 Å². The highest BCUT2D eigenvalue weighted by molar-refractivity contribution is 6.12. The van der Waals surface area contributed by atoms with E-state index in [2.05, 4.69) is 37.4 Å². The average Bonchev–Trinajstić information content (AvgIpc) is 3.52. The summed E-state index contributed by atoms with van der Waals surface area (Å²) >= 11 is 0. The number of ether oxygens (including phenoxy) is 1. The molecule has 1 fully saturated rings. The van der Waals surface area contributed by atoms with Crippen LogP contribution in [0.15, 0.2) is 24.4 Å². The van der Waals surface area contributed by atoms with Gasteiger partial charge in [0.15, 0.2) is 5.65 Å². The topological polar surface area (TPSA) is 123 Å². The van der Waals surface area contributed by atoms with Gasteiger partial charge in [0.2, 0.25) is 0 Å². The Balaban J connectivity index is 1.58. The van der Waals surface area contributed by atoms with E-state index in [1.165, 1.54) is 0 Å². The Bertz CT molecular complexity index is 1400. The SMILES string of the molecule is BC1O[C@H]2CCC[C@H]2NC(=O)c2cnn3c(NC)cc(nc23)Nc2cc1cc1c2nnn1C. The molecule has 1 aliphatic carbocycles. The summed E-state index contributed by atoms with van der Waals surface area (Å²) in [5, 5.41) is 22.6. The Morgan fingerprint density at radius 3 is 3.00 bits per heavy atom. The van der Waals surface area contributed by atoms with Gasteiger partial charge in [-0.3, -0.25) is 4.79 Å². The molecule has 11 nitrogen and oxygen atoms in total. The molecule has 33 heavy (non-hydrogen) atoms. The van der Waals surface area contributed by atoms with E-state index in [0.29, 0.717) is 22.8 Å². The van der Waals surface area contributed by atoms with Crippen LogP contribution in [-0.4, -0.2) is 62.5 Å². The van der Waals surface area contributed by atoms with Gasteiger partial charge in [0.05, 0.1) is 29.5 Å². The molecular weight excluding hydrogens is 421 g/mol. The van der Waals surface area contributed by atoms with Gasteiger partial charge in [0.1, 0.15) is 30.6 Å². The van der Waals surface area contributed by atoms with Crippen molar-refractivity contribution in [1.29, 1.82) is 0 Å². The number of fused-ring (bicyclic) bond motifs is 6. The summed E-state index contributed by atoms with van der Waals surface area (Å²) in [6.45, 7) is 0. The van der Waals surface area contributed by atoms with Crippen molar-refractivity contribution in [2.45, 2.75) is 37.4 Å². The summed E-state index contributed by atoms with van der Waals surface area (Å²) in [5.74, 6) is 1.07. The smallest absolute Gasteiger partial charge is 0.257 e. The molecule has 1 amide bonds. The number of hydrogen-bond donors (Lipinski definition) is 3. The second-order valence-electron chi connectivity index (χ2n) is 8.67. The maximum absolute atomic E-state index is 13.2. The number of amides is 1. The minimum absolute atomic E-state index is 0.0653. The number of benzene rings is 1. The zero-order chi connectivity index (χ0) is 22.7. The van der Waals surface area contributed by atoms with Crippen molar-refractivity contribution in [2.75, 3.05) is 17.7 Å². The first-order valence-corrected chi connectivity index (χ1v) is 11.1. The van der Waals surface area contributed by atoms with Crippen LogP contribution >= 0.6 is 0 Å². The lowest BCUT2D eigenvalue weighted by Crippen LogP contribution is -2.41. The molecule has 4 aromatic rings. The third kappa shape index (κ3) is 3.20. The van der Waals surface area contributed by atoms with Crippen molar-refractivity contribution in [3.8, 4) is 0 Å². The monoisotopic (exact) mass is 445 g/mol. The molecule has 3 aromatic heterocycles. The van der Waals surface area contributed by atoms with Gasteiger partial charge in [-0.15, -0.1) is 5.10 Å². The van der Waals surface area contributed by atoms with Gasteiger partial charge < -0.3 is 20.7 Å². The zero-order valence-corrected chi connectivity index (χ0v) is 18.7. The highest BCUT2D eigenvalue weighted by Gasteiger charge is 2.32. The first kappa shape index (κ1) is 20.0. The van der Waals surface area contributed by atoms with Gasteiger partial charge in [-0.05, 0) is 37.0 Å². The van der Waals surface area contributed by atoms with Crippen LogP contribution in [0.1, 0.15) is 41.2 Å². The van der Waals surface area contributed by atoms with Crippen LogP contribution in [0.25, 0.3) is 16.7 Å². The fraction of sp³-hybridized carbons (Fsp3) is 0.381. The predicted molar refractivity (Wildman–Crippen MR) is 126 cm³/mol. The lowest BCUT2D eigenvalue weighted by molar-refractivity contribution is 0.0179. The summed E-state index contributed by atoms with van der Waals surface area (Å²) in [6.07, 6.45) is 4.27. The predicted octanol–water partition coefficient (Wildman–Crippen LogP) is 1.11. The van der Waals surface area contributed by atoms with Crippen molar-refractivity contribution in [2.24, 2.45) is 7.05 Å². The second-order valence-corrected chi connectivity index (χ2v) is 8.67. The molecule has 4 bridgehead atoms. The second kappa shape index (κ2) is 7.44. The van der Waals surface area contributed by atoms with Gasteiger partial charge >= 0.3 is 0 Å². The van der Waals surface area contributed by atoms with E-state index in [1.807, 2.05) is 34.1 Å². The molecule has 0 saturated heterocycles. The van der Waals surface area contributed by atoms with E-state index >= 15 is 0 Å². The molecule has 168 valence electrons. The number of hydrogen-bond acceptors (Lipinski definition) is 8. The molecule has 0 radical (unpaired) electrons. The number of nitrogens with zero attached hydrogens (tertiary/aromatic N) is 6. The van der Waals surface area contributed by atoms with Crippen LogP contribution in [0, 0.1) is 0 Å². The summed E-state index contributed by atoms with van der Waals surface area (Å²) < 4.78 is 9.86. The normalized spacial score (nSPS) is 22.7. The van der Waals surface area contributed by atoms with Gasteiger partial charge in [-0.25, -0.2) is 9.67 Å². The number of nitrogens with one attached hydrogen (secondary N) is 3. The molecule has 4 heterocycles. The van der Waals surface area contributed by atoms with Crippen molar-refractivity contribution in [1.82, 2.24) is 34.9 Å². The molecule has 2 aliphatic rings. The molecule has 3 atom stereocenters. The summed E-state index contributed by atoms with van der Waals surface area (Å²) in [7, 11) is 5.72. The maximum atomic E-state index is 13.2. The number of anilines is 3. The first-order chi connectivity index (χ1) is 16.0. The minimum atomic E-state index is -0.197. The van der Waals surface area contributed by atoms with Crippen LogP contribution < -0.4 is 16.0 Å². The van der Waals surface area contributed by atoms with Gasteiger partial charge in [0.25, 0.3) is 5.91 Å². The van der Waals surface area contributed by atoms with Crippen molar-refractivity contribution in [3.63, 3.8) is 0 Å². The van der Waals surface area contributed by atoms with E-state index in [-0.39, 0.29) is 24.1 Å². The highest BCUT2D eigenvalue weighted by Crippen LogP contribution is 2.33. The lowest BCUT2D eigenvalue weighted by Gasteiger charge is -2.26. The third-order valence-corrected chi connectivity index (χ3v) is 6.59. The number of rotatable bonds is 1. The van der Waals surface area contributed by atoms with E-state index in [4.69, 9.17) is 9.72 Å². The quantitative estimate of drug-likeness (QED) is 0.373. The van der Waals surface area contributed by atoms with E-state index < -0.39 is 0 Å². The fourth-order valence-electron chi connectivity index (χ4n) is 4.83. The molecule has 0 spiro atoms. The summed E-state index contributed by atoms with van der Waals surface area (Å²) in [6, 6.07) is 5.70. The molecule has 3 N–H and O–H groups in total. The Hall–Kier alpha value is -3.67. The fourth-order valence-corrected chi connectivity index (χ4v) is 4.83.